The minimum atomic E-state index is -5.08. The number of likely N-dealkylation sites (tertiary alicyclic amines) is 1. The quantitative estimate of drug-likeness (QED) is 0.247. The minimum Gasteiger partial charge on any atom is -0.475 e. The van der Waals surface area contributed by atoms with Crippen molar-refractivity contribution >= 4 is 53.7 Å². The first-order valence-electron chi connectivity index (χ1n) is 32.2. The van der Waals surface area contributed by atoms with E-state index in [0.29, 0.717) is 50.6 Å². The molecule has 10 heterocycles. The van der Waals surface area contributed by atoms with Crippen LogP contribution in [0.1, 0.15) is 103 Å². The van der Waals surface area contributed by atoms with Crippen molar-refractivity contribution < 1.29 is 98.9 Å². The number of carboxylic acid groups (broad SMARTS) is 1. The van der Waals surface area contributed by atoms with Crippen LogP contribution in [0, 0.1) is 213 Å². The predicted molar refractivity (Wildman–Crippen MR) is 377 cm³/mol. The number of carboxylic acids is 1. The summed E-state index contributed by atoms with van der Waals surface area (Å²) in [5, 5.41) is 19.5. The van der Waals surface area contributed by atoms with E-state index in [4.69, 9.17) is 35.4 Å². The zero-order valence-electron chi connectivity index (χ0n) is 58.1. The fourth-order valence-electron chi connectivity index (χ4n) is 9.62. The molecule has 8 aliphatic rings. The Morgan fingerprint density at radius 3 is 1.08 bits per heavy atom. The van der Waals surface area contributed by atoms with E-state index in [-0.39, 0.29) is 91.0 Å². The summed E-state index contributed by atoms with van der Waals surface area (Å²) in [6.07, 6.45) is 7.73. The lowest BCUT2D eigenvalue weighted by Crippen LogP contribution is -2.48. The van der Waals surface area contributed by atoms with Crippen LogP contribution in [-0.4, -0.2) is 193 Å². The summed E-state index contributed by atoms with van der Waals surface area (Å²) >= 11 is 0. The fourth-order valence-corrected chi connectivity index (χ4v) is 9.62. The third kappa shape index (κ3) is 32.9. The number of ether oxygens (including phenoxy) is 3. The first-order valence-corrected chi connectivity index (χ1v) is 32.2. The highest BCUT2D eigenvalue weighted by Crippen LogP contribution is 2.41. The van der Waals surface area contributed by atoms with E-state index < -0.39 is 59.8 Å². The van der Waals surface area contributed by atoms with Crippen molar-refractivity contribution in [1.29, 1.82) is 0 Å². The number of carbonyl (C=O) groups is 9. The molecule has 0 saturated carbocycles. The summed E-state index contributed by atoms with van der Waals surface area (Å²) in [5.41, 5.74) is -0.360. The Bertz CT molecular complexity index is 4850. The molecule has 2 aromatic rings. The van der Waals surface area contributed by atoms with E-state index in [1.165, 1.54) is 29.7 Å². The first kappa shape index (κ1) is 88.2. The number of rotatable bonds is 5. The molecule has 2 N–H and O–H groups in total. The van der Waals surface area contributed by atoms with Crippen LogP contribution >= 0.6 is 0 Å². The maximum atomic E-state index is 13.1. The highest BCUT2D eigenvalue weighted by atomic mass is 19.4. The van der Waals surface area contributed by atoms with Gasteiger partial charge in [0, 0.05) is 172 Å². The summed E-state index contributed by atoms with van der Waals surface area (Å²) in [6, 6.07) is 0.167. The summed E-state index contributed by atoms with van der Waals surface area (Å²) < 4.78 is 78.0. The van der Waals surface area contributed by atoms with Gasteiger partial charge in [0.1, 0.15) is 0 Å². The molecule has 2 spiro atoms. The van der Waals surface area contributed by atoms with Crippen LogP contribution in [-0.2, 0) is 62.3 Å². The Kier molecular flexibility index (Phi) is 38.5. The van der Waals surface area contributed by atoms with Crippen LogP contribution < -0.4 is 5.32 Å². The molecule has 560 valence electrons. The summed E-state index contributed by atoms with van der Waals surface area (Å²) in [6.45, 7) is 9.64. The number of imide groups is 3. The smallest absolute Gasteiger partial charge is 0.475 e. The topological polar surface area (TPSA) is 293 Å². The number of hydrogen-bond donors (Lipinski definition) is 2. The number of alkyl halides is 3. The van der Waals surface area contributed by atoms with Crippen molar-refractivity contribution in [2.75, 3.05) is 72.7 Å². The molecular formula is C79H63F5N10O16. The molecule has 0 radical (unpaired) electrons. The molecule has 8 aliphatic heterocycles. The molecule has 8 saturated heterocycles. The molecule has 8 fully saturated rings. The molecule has 10 rings (SSSR count). The Morgan fingerprint density at radius 1 is 0.509 bits per heavy atom. The molecule has 2 aromatic heterocycles. The second-order valence-electron chi connectivity index (χ2n) is 22.2. The number of morpholine rings is 1. The monoisotopic (exact) mass is 1500 g/mol. The molecular weight excluding hydrogens is 1440 g/mol. The van der Waals surface area contributed by atoms with E-state index >= 15 is 0 Å². The second kappa shape index (κ2) is 48.0. The SMILES string of the molecule is C.C#CC#CC#CC#CC#CC#CC#CC#CC#CC#CC#CC#CC#CC#CC#CC#CC#CC.CN1CCOCC1.Fc1cnn([C@H]2COC3(CCNCC3)C2)c1.O=C(O)C(F)(F)F.O=C(ON1C(=O)CCC1=O)N1CCC2(CC1)C[C@@H](n1cc(F)cn1)CO2.O=C(ON1C(=O)CCC1=O)ON1C(=O)CCC1=O. The van der Waals surface area contributed by atoms with Crippen molar-refractivity contribution in [1.82, 2.24) is 49.9 Å². The van der Waals surface area contributed by atoms with E-state index in [2.05, 4.69) is 233 Å². The largest absolute Gasteiger partial charge is 0.560 e. The van der Waals surface area contributed by atoms with E-state index in [0.717, 1.165) is 58.7 Å². The van der Waals surface area contributed by atoms with Gasteiger partial charge in [-0.3, -0.25) is 47.8 Å². The summed E-state index contributed by atoms with van der Waals surface area (Å²) in [5.74, 6) is 74.7. The van der Waals surface area contributed by atoms with Crippen molar-refractivity contribution in [3.05, 3.63) is 36.4 Å². The molecule has 26 nitrogen and oxygen atoms in total. The van der Waals surface area contributed by atoms with Crippen LogP contribution in [0.3, 0.4) is 0 Å². The zero-order chi connectivity index (χ0) is 79.1. The fraction of sp³-hybridized carbons (Fsp3) is 0.380. The van der Waals surface area contributed by atoms with Crippen LogP contribution in [0.15, 0.2) is 24.8 Å². The zero-order valence-corrected chi connectivity index (χ0v) is 58.1. The number of amides is 7. The molecule has 31 heteroatoms. The molecule has 110 heavy (non-hydrogen) atoms. The van der Waals surface area contributed by atoms with Gasteiger partial charge in [-0.05, 0) is 147 Å². The average molecular weight is 1500 g/mol. The number of hydroxylamine groups is 6. The average Bonchev–Trinajstić information content (AvgIpc) is 1.61. The number of terminal acetylenes is 1. The Morgan fingerprint density at radius 2 is 0.809 bits per heavy atom. The van der Waals surface area contributed by atoms with Crippen LogP contribution in [0.4, 0.5) is 31.5 Å². The van der Waals surface area contributed by atoms with Gasteiger partial charge in [0.15, 0.2) is 11.6 Å². The first-order chi connectivity index (χ1) is 52.5. The lowest BCUT2D eigenvalue weighted by Gasteiger charge is -2.38. The van der Waals surface area contributed by atoms with Gasteiger partial charge in [-0.2, -0.15) is 28.2 Å². The van der Waals surface area contributed by atoms with Crippen molar-refractivity contribution in [3.8, 4) is 202 Å². The molecule has 0 unspecified atom stereocenters. The number of piperidine rings is 2. The lowest BCUT2D eigenvalue weighted by molar-refractivity contribution is -0.198. The number of aliphatic carboxylic acids is 1. The molecule has 0 bridgehead atoms. The van der Waals surface area contributed by atoms with E-state index in [9.17, 15) is 60.3 Å². The third-order valence-corrected chi connectivity index (χ3v) is 14.8. The molecule has 0 aromatic carbocycles. The normalized spacial score (nSPS) is 17.0. The lowest BCUT2D eigenvalue weighted by atomic mass is 9.87. The summed E-state index contributed by atoms with van der Waals surface area (Å²) in [4.78, 5) is 117. The van der Waals surface area contributed by atoms with Gasteiger partial charge >= 0.3 is 24.4 Å². The van der Waals surface area contributed by atoms with Gasteiger partial charge in [-0.1, -0.05) is 23.5 Å². The predicted octanol–water partition coefficient (Wildman–Crippen LogP) is 3.30. The van der Waals surface area contributed by atoms with Gasteiger partial charge in [0.2, 0.25) is 0 Å². The van der Waals surface area contributed by atoms with Crippen molar-refractivity contribution in [3.63, 3.8) is 0 Å². The van der Waals surface area contributed by atoms with Gasteiger partial charge in [-0.15, -0.1) is 11.5 Å². The van der Waals surface area contributed by atoms with Crippen LogP contribution in [0.2, 0.25) is 0 Å². The second-order valence-corrected chi connectivity index (χ2v) is 22.2. The number of halogens is 5. The highest BCUT2D eigenvalue weighted by Gasteiger charge is 2.46. The molecule has 2 atom stereocenters. The molecule has 7 amide bonds. The standard InChI is InChI=1S/C35H4.C16H19FN4O5.C11H16FN3O.C9H8N2O7.C5H11NO.C2HF3O2.CH4/c1-3-5-7-9-11-13-15-17-19-21-23-25-27-29-31-33-35-34-32-30-28-26-24-22-20-18-16-14-12-10-8-6-4-2;17-11-8-18-20(9-11)12-7-16(25-10-12)3-5-19(6-4-16)15(24)26-21-13(22)1-2-14(21)23;12-9-6-14-15(7-9)10-5-11(16-8-10)1-3-13-4-2-11;12-5-1-2-6(13)10(5)17-9(16)18-11-7(14)3-4-8(11)15;1-6-2-4-7-5-3-6;3-2(4,5)1(6)7;/h1H,2H3;8-9,12H,1-7,10H2;6-7,10,13H,1-5,8H2;1-4H2;2-5H2,1H3;(H,6,7);1H4/t;12-;10-;;;;/m.11..../s1. The maximum Gasteiger partial charge on any atom is 0.560 e. The Hall–Kier alpha value is -14.2. The Balaban J connectivity index is 0.000000299. The highest BCUT2D eigenvalue weighted by molar-refractivity contribution is 6.03. The van der Waals surface area contributed by atoms with E-state index in [1.54, 1.807) is 16.3 Å². The van der Waals surface area contributed by atoms with Gasteiger partial charge in [0.05, 0.1) is 74.5 Å². The minimum absolute atomic E-state index is 0. The van der Waals surface area contributed by atoms with Gasteiger partial charge < -0.3 is 39.3 Å². The van der Waals surface area contributed by atoms with Gasteiger partial charge in [-0.25, -0.2) is 18.4 Å². The number of aromatic nitrogens is 4. The number of nitrogens with zero attached hydrogens (tertiary/aromatic N) is 9. The third-order valence-electron chi connectivity index (χ3n) is 14.8. The number of carbonyl (C=O) groups excluding carboxylic acids is 8. The van der Waals surface area contributed by atoms with Crippen LogP contribution in [0.25, 0.3) is 0 Å². The van der Waals surface area contributed by atoms with Crippen LogP contribution in [0.5, 0.6) is 0 Å². The van der Waals surface area contributed by atoms with Crippen molar-refractivity contribution in [2.45, 2.75) is 121 Å². The maximum absolute atomic E-state index is 13.1. The molecule has 0 aliphatic carbocycles. The number of likely N-dealkylation sites (N-methyl/N-ethyl adjacent to an activating group) is 1. The van der Waals surface area contributed by atoms with Crippen molar-refractivity contribution in [2.24, 2.45) is 0 Å². The number of hydrogen-bond acceptors (Lipinski definition) is 19. The number of nitrogens with one attached hydrogen (secondary N) is 1. The van der Waals surface area contributed by atoms with Gasteiger partial charge in [0.25, 0.3) is 35.4 Å². The van der Waals surface area contributed by atoms with E-state index in [1.807, 2.05) is 0 Å². The Labute approximate surface area is 631 Å². The summed E-state index contributed by atoms with van der Waals surface area (Å²) in [7, 11) is 2.11.